The molecule has 0 aliphatic carbocycles. The second kappa shape index (κ2) is 7.18. The Balaban J connectivity index is 1.91. The summed E-state index contributed by atoms with van der Waals surface area (Å²) >= 11 is 0. The molecule has 2 amide bonds. The van der Waals surface area contributed by atoms with E-state index in [0.717, 1.165) is 5.56 Å². The molecule has 0 N–H and O–H groups in total. The zero-order chi connectivity index (χ0) is 17.8. The van der Waals surface area contributed by atoms with Gasteiger partial charge in [-0.25, -0.2) is 0 Å². The van der Waals surface area contributed by atoms with Crippen LogP contribution in [0.5, 0.6) is 0 Å². The van der Waals surface area contributed by atoms with Crippen LogP contribution in [0.3, 0.4) is 0 Å². The number of anilines is 1. The van der Waals surface area contributed by atoms with Gasteiger partial charge in [0.25, 0.3) is 0 Å². The first-order valence-electron chi connectivity index (χ1n) is 8.20. The van der Waals surface area contributed by atoms with E-state index < -0.39 is 0 Å². The summed E-state index contributed by atoms with van der Waals surface area (Å²) in [6.45, 7) is 1.91. The van der Waals surface area contributed by atoms with Crippen molar-refractivity contribution in [2.75, 3.05) is 18.0 Å². The number of benzene rings is 2. The maximum Gasteiger partial charge on any atom is 0.246 e. The molecule has 1 saturated heterocycles. The molecule has 5 heteroatoms. The van der Waals surface area contributed by atoms with Gasteiger partial charge in [-0.05, 0) is 24.1 Å². The van der Waals surface area contributed by atoms with Gasteiger partial charge < -0.3 is 9.80 Å². The van der Waals surface area contributed by atoms with E-state index in [1.54, 1.807) is 28.0 Å². The molecular formula is C20H19N3O2. The maximum absolute atomic E-state index is 12.6. The quantitative estimate of drug-likeness (QED) is 0.866. The van der Waals surface area contributed by atoms with Crippen LogP contribution < -0.4 is 4.90 Å². The monoisotopic (exact) mass is 333 g/mol. The molecule has 0 aromatic heterocycles. The zero-order valence-electron chi connectivity index (χ0n) is 14.1. The number of rotatable bonds is 3. The van der Waals surface area contributed by atoms with Crippen molar-refractivity contribution in [1.29, 1.82) is 5.26 Å². The third-order valence-corrected chi connectivity index (χ3v) is 4.47. The number of piperazine rings is 1. The third kappa shape index (κ3) is 3.53. The second-order valence-electron chi connectivity index (χ2n) is 6.12. The molecule has 2 aromatic rings. The number of hydrogen-bond donors (Lipinski definition) is 0. The van der Waals surface area contributed by atoms with Crippen LogP contribution >= 0.6 is 0 Å². The lowest BCUT2D eigenvalue weighted by Gasteiger charge is -2.41. The summed E-state index contributed by atoms with van der Waals surface area (Å²) in [5, 5.41) is 9.32. The average Bonchev–Trinajstić information content (AvgIpc) is 2.63. The van der Waals surface area contributed by atoms with Crippen LogP contribution in [0.2, 0.25) is 0 Å². The van der Waals surface area contributed by atoms with Gasteiger partial charge in [-0.3, -0.25) is 9.59 Å². The summed E-state index contributed by atoms with van der Waals surface area (Å²) in [7, 11) is 0. The van der Waals surface area contributed by atoms with Crippen LogP contribution in [0.1, 0.15) is 18.1 Å². The summed E-state index contributed by atoms with van der Waals surface area (Å²) in [6.07, 6.45) is 0.666. The van der Waals surface area contributed by atoms with Crippen molar-refractivity contribution in [2.24, 2.45) is 0 Å². The number of nitrogens with zero attached hydrogens (tertiary/aromatic N) is 3. The van der Waals surface area contributed by atoms with E-state index in [-0.39, 0.29) is 24.4 Å². The molecule has 25 heavy (non-hydrogen) atoms. The molecule has 0 bridgehead atoms. The second-order valence-corrected chi connectivity index (χ2v) is 6.12. The van der Waals surface area contributed by atoms with Crippen LogP contribution in [-0.2, 0) is 16.0 Å². The molecule has 1 aliphatic rings. The smallest absolute Gasteiger partial charge is 0.246 e. The Bertz CT molecular complexity index is 826. The minimum Gasteiger partial charge on any atom is -0.328 e. The molecule has 1 atom stereocenters. The number of nitriles is 1. The van der Waals surface area contributed by atoms with E-state index in [0.29, 0.717) is 24.2 Å². The van der Waals surface area contributed by atoms with Crippen molar-refractivity contribution in [3.63, 3.8) is 0 Å². The first kappa shape index (κ1) is 16.7. The Hall–Kier alpha value is -3.13. The minimum absolute atomic E-state index is 0.0343. The van der Waals surface area contributed by atoms with Crippen molar-refractivity contribution in [3.8, 4) is 6.07 Å². The maximum atomic E-state index is 12.6. The van der Waals surface area contributed by atoms with E-state index in [4.69, 9.17) is 0 Å². The summed E-state index contributed by atoms with van der Waals surface area (Å²) in [4.78, 5) is 27.9. The molecule has 3 rings (SSSR count). The summed E-state index contributed by atoms with van der Waals surface area (Å²) in [5.74, 6) is -0.273. The van der Waals surface area contributed by atoms with Gasteiger partial charge in [0.2, 0.25) is 11.8 Å². The molecule has 0 saturated carbocycles. The van der Waals surface area contributed by atoms with Gasteiger partial charge in [0, 0.05) is 13.5 Å². The molecule has 5 nitrogen and oxygen atoms in total. The van der Waals surface area contributed by atoms with Gasteiger partial charge in [-0.1, -0.05) is 42.5 Å². The number of para-hydroxylation sites is 1. The molecule has 1 heterocycles. The standard InChI is InChI=1S/C20H19N3O2/c1-15(24)22-14-20(25)23(19-10-6-5-9-17(19)12-21)13-18(22)11-16-7-3-2-4-8-16/h2-10,18H,11,13-14H2,1H3/t18-/m1/s1. The fourth-order valence-electron chi connectivity index (χ4n) is 3.24. The Morgan fingerprint density at radius 3 is 2.52 bits per heavy atom. The highest BCUT2D eigenvalue weighted by atomic mass is 16.2. The zero-order valence-corrected chi connectivity index (χ0v) is 14.1. The number of amides is 2. The predicted molar refractivity (Wildman–Crippen MR) is 94.8 cm³/mol. The van der Waals surface area contributed by atoms with E-state index in [2.05, 4.69) is 6.07 Å². The highest BCUT2D eigenvalue weighted by molar-refractivity contribution is 5.99. The lowest BCUT2D eigenvalue weighted by Crippen LogP contribution is -2.58. The number of carbonyl (C=O) groups is 2. The molecular weight excluding hydrogens is 314 g/mol. The van der Waals surface area contributed by atoms with Crippen LogP contribution in [0.25, 0.3) is 0 Å². The van der Waals surface area contributed by atoms with E-state index in [1.165, 1.54) is 6.92 Å². The topological polar surface area (TPSA) is 64.4 Å². The molecule has 126 valence electrons. The average molecular weight is 333 g/mol. The van der Waals surface area contributed by atoms with Gasteiger partial charge in [0.1, 0.15) is 12.6 Å². The van der Waals surface area contributed by atoms with Gasteiger partial charge >= 0.3 is 0 Å². The van der Waals surface area contributed by atoms with Crippen LogP contribution in [0.4, 0.5) is 5.69 Å². The first-order chi connectivity index (χ1) is 12.1. The largest absolute Gasteiger partial charge is 0.328 e. The van der Waals surface area contributed by atoms with Crippen molar-refractivity contribution >= 4 is 17.5 Å². The normalized spacial score (nSPS) is 17.3. The third-order valence-electron chi connectivity index (χ3n) is 4.47. The lowest BCUT2D eigenvalue weighted by molar-refractivity contribution is -0.137. The van der Waals surface area contributed by atoms with Crippen LogP contribution in [0, 0.1) is 11.3 Å². The highest BCUT2D eigenvalue weighted by Crippen LogP contribution is 2.25. The molecule has 0 unspecified atom stereocenters. The van der Waals surface area contributed by atoms with E-state index >= 15 is 0 Å². The van der Waals surface area contributed by atoms with E-state index in [1.807, 2.05) is 36.4 Å². The molecule has 1 fully saturated rings. The Morgan fingerprint density at radius 2 is 1.84 bits per heavy atom. The fraction of sp³-hybridized carbons (Fsp3) is 0.250. The Labute approximate surface area is 147 Å². The predicted octanol–water partition coefficient (Wildman–Crippen LogP) is 2.36. The molecule has 2 aromatic carbocycles. The SMILES string of the molecule is CC(=O)N1CC(=O)N(c2ccccc2C#N)C[C@H]1Cc1ccccc1. The Morgan fingerprint density at radius 1 is 1.16 bits per heavy atom. The highest BCUT2D eigenvalue weighted by Gasteiger charge is 2.35. The summed E-state index contributed by atoms with van der Waals surface area (Å²) in [6, 6.07) is 19.0. The molecule has 1 aliphatic heterocycles. The lowest BCUT2D eigenvalue weighted by atomic mass is 10.0. The Kier molecular flexibility index (Phi) is 4.80. The molecule has 0 spiro atoms. The summed E-state index contributed by atoms with van der Waals surface area (Å²) < 4.78 is 0. The van der Waals surface area contributed by atoms with Crippen molar-refractivity contribution in [3.05, 3.63) is 65.7 Å². The number of hydrogen-bond acceptors (Lipinski definition) is 3. The minimum atomic E-state index is -0.165. The first-order valence-corrected chi connectivity index (χ1v) is 8.20. The van der Waals surface area contributed by atoms with Crippen molar-refractivity contribution < 1.29 is 9.59 Å². The van der Waals surface area contributed by atoms with Gasteiger partial charge in [-0.15, -0.1) is 0 Å². The van der Waals surface area contributed by atoms with E-state index in [9.17, 15) is 14.9 Å². The van der Waals surface area contributed by atoms with Gasteiger partial charge in [-0.2, -0.15) is 5.26 Å². The molecule has 0 radical (unpaired) electrons. The van der Waals surface area contributed by atoms with Crippen molar-refractivity contribution in [2.45, 2.75) is 19.4 Å². The number of carbonyl (C=O) groups excluding carboxylic acids is 2. The fourth-order valence-corrected chi connectivity index (χ4v) is 3.24. The van der Waals surface area contributed by atoms with Crippen LogP contribution in [-0.4, -0.2) is 35.8 Å². The summed E-state index contributed by atoms with van der Waals surface area (Å²) in [5.41, 5.74) is 2.18. The van der Waals surface area contributed by atoms with Crippen LogP contribution in [0.15, 0.2) is 54.6 Å². The van der Waals surface area contributed by atoms with Gasteiger partial charge in [0.05, 0.1) is 17.3 Å². The van der Waals surface area contributed by atoms with Gasteiger partial charge in [0.15, 0.2) is 0 Å². The van der Waals surface area contributed by atoms with Crippen molar-refractivity contribution in [1.82, 2.24) is 4.90 Å².